The molecule has 0 fully saturated rings. The molecule has 0 aliphatic heterocycles. The van der Waals surface area contributed by atoms with Gasteiger partial charge in [-0.3, -0.25) is 0 Å². The van der Waals surface area contributed by atoms with Crippen molar-refractivity contribution in [3.8, 4) is 0 Å². The summed E-state index contributed by atoms with van der Waals surface area (Å²) in [6, 6.07) is 4.28. The van der Waals surface area contributed by atoms with E-state index in [1.165, 1.54) is 25.3 Å². The van der Waals surface area contributed by atoms with E-state index in [0.29, 0.717) is 11.6 Å². The van der Waals surface area contributed by atoms with Gasteiger partial charge < -0.3 is 4.74 Å². The van der Waals surface area contributed by atoms with Crippen molar-refractivity contribution in [1.82, 2.24) is 4.72 Å². The predicted molar refractivity (Wildman–Crippen MR) is 76.2 cm³/mol. The van der Waals surface area contributed by atoms with Crippen molar-refractivity contribution in [2.24, 2.45) is 0 Å². The van der Waals surface area contributed by atoms with Crippen LogP contribution in [0.5, 0.6) is 0 Å². The molecular formula is C10H12BrCl2NO3S. The van der Waals surface area contributed by atoms with Gasteiger partial charge in [0, 0.05) is 18.7 Å². The van der Waals surface area contributed by atoms with Crippen LogP contribution in [0.4, 0.5) is 0 Å². The highest BCUT2D eigenvalue weighted by Crippen LogP contribution is 2.24. The molecule has 0 aliphatic rings. The van der Waals surface area contributed by atoms with Gasteiger partial charge in [0.15, 0.2) is 0 Å². The third-order valence-corrected chi connectivity index (χ3v) is 4.75. The van der Waals surface area contributed by atoms with Crippen LogP contribution < -0.4 is 4.72 Å². The van der Waals surface area contributed by atoms with Crippen LogP contribution in [-0.4, -0.2) is 33.5 Å². The van der Waals surface area contributed by atoms with Gasteiger partial charge in [-0.05, 0) is 18.2 Å². The maximum Gasteiger partial charge on any atom is 0.242 e. The number of nitrogens with one attached hydrogen (secondary N) is 1. The Morgan fingerprint density at radius 3 is 2.72 bits per heavy atom. The zero-order valence-electron chi connectivity index (χ0n) is 9.49. The Morgan fingerprint density at radius 2 is 2.11 bits per heavy atom. The minimum Gasteiger partial charge on any atom is -0.383 e. The number of hydrogen-bond donors (Lipinski definition) is 1. The number of sulfonamides is 1. The molecular weight excluding hydrogens is 365 g/mol. The lowest BCUT2D eigenvalue weighted by Crippen LogP contribution is -2.31. The molecule has 0 saturated carbocycles. The molecule has 8 heteroatoms. The number of halogens is 3. The first-order valence-electron chi connectivity index (χ1n) is 4.94. The number of alkyl halides is 1. The first-order chi connectivity index (χ1) is 8.36. The van der Waals surface area contributed by atoms with Crippen LogP contribution >= 0.6 is 39.1 Å². The number of methoxy groups -OCH3 is 1. The first kappa shape index (κ1) is 16.2. The monoisotopic (exact) mass is 375 g/mol. The number of ether oxygens (including phenoxy) is 1. The summed E-state index contributed by atoms with van der Waals surface area (Å²) in [5, 5.41) is 0.442. The zero-order valence-corrected chi connectivity index (χ0v) is 13.4. The molecule has 0 amide bonds. The second kappa shape index (κ2) is 7.07. The van der Waals surface area contributed by atoms with Crippen molar-refractivity contribution in [2.45, 2.75) is 9.72 Å². The van der Waals surface area contributed by atoms with E-state index in [0.717, 1.165) is 0 Å². The highest BCUT2D eigenvalue weighted by molar-refractivity contribution is 9.09. The highest BCUT2D eigenvalue weighted by Gasteiger charge is 2.19. The average Bonchev–Trinajstić information content (AvgIpc) is 2.30. The van der Waals surface area contributed by atoms with E-state index in [-0.39, 0.29) is 21.3 Å². The fourth-order valence-corrected chi connectivity index (χ4v) is 3.68. The highest BCUT2D eigenvalue weighted by atomic mass is 79.9. The lowest BCUT2D eigenvalue weighted by atomic mass is 10.4. The van der Waals surface area contributed by atoms with Crippen LogP contribution in [0.3, 0.4) is 0 Å². The molecule has 1 rings (SSSR count). The Kier molecular flexibility index (Phi) is 6.37. The summed E-state index contributed by atoms with van der Waals surface area (Å²) in [7, 11) is -2.14. The molecule has 0 saturated heterocycles. The Labute approximate surface area is 125 Å². The summed E-state index contributed by atoms with van der Waals surface area (Å²) in [5.41, 5.74) is 0. The van der Waals surface area contributed by atoms with Crippen LogP contribution in [-0.2, 0) is 14.8 Å². The van der Waals surface area contributed by atoms with Gasteiger partial charge in [0.2, 0.25) is 10.0 Å². The molecule has 1 N–H and O–H groups in total. The Morgan fingerprint density at radius 1 is 1.44 bits per heavy atom. The standard InChI is InChI=1S/C10H12BrCl2NO3S/c1-17-6-7(11)5-14-18(15,16)10-4-8(12)2-3-9(10)13/h2-4,7,14H,5-6H2,1H3. The summed E-state index contributed by atoms with van der Waals surface area (Å²) in [5.74, 6) is 0. The minimum atomic E-state index is -3.68. The summed E-state index contributed by atoms with van der Waals surface area (Å²) in [6.07, 6.45) is 0. The zero-order chi connectivity index (χ0) is 13.8. The van der Waals surface area contributed by atoms with E-state index < -0.39 is 10.0 Å². The summed E-state index contributed by atoms with van der Waals surface area (Å²) in [4.78, 5) is -0.149. The number of rotatable bonds is 6. The fraction of sp³-hybridized carbons (Fsp3) is 0.400. The third-order valence-electron chi connectivity index (χ3n) is 2.03. The Bertz CT molecular complexity index is 510. The minimum absolute atomic E-state index is 0.0335. The van der Waals surface area contributed by atoms with Crippen LogP contribution in [0.2, 0.25) is 10.0 Å². The van der Waals surface area contributed by atoms with Gasteiger partial charge in [0.05, 0.1) is 16.5 Å². The topological polar surface area (TPSA) is 55.4 Å². The Hall–Kier alpha value is 0.150. The van der Waals surface area contributed by atoms with Crippen molar-refractivity contribution in [1.29, 1.82) is 0 Å². The molecule has 0 bridgehead atoms. The maximum atomic E-state index is 12.0. The third kappa shape index (κ3) is 4.68. The van der Waals surface area contributed by atoms with Crippen LogP contribution in [0.15, 0.2) is 23.1 Å². The number of benzene rings is 1. The summed E-state index contributed by atoms with van der Waals surface area (Å²) >= 11 is 14.9. The molecule has 0 heterocycles. The molecule has 18 heavy (non-hydrogen) atoms. The van der Waals surface area contributed by atoms with Crippen molar-refractivity contribution < 1.29 is 13.2 Å². The average molecular weight is 377 g/mol. The van der Waals surface area contributed by atoms with E-state index in [1.807, 2.05) is 0 Å². The molecule has 0 radical (unpaired) electrons. The van der Waals surface area contributed by atoms with Crippen molar-refractivity contribution >= 4 is 49.2 Å². The molecule has 0 aromatic heterocycles. The van der Waals surface area contributed by atoms with E-state index in [4.69, 9.17) is 27.9 Å². The van der Waals surface area contributed by atoms with Gasteiger partial charge in [-0.1, -0.05) is 39.1 Å². The molecule has 102 valence electrons. The largest absolute Gasteiger partial charge is 0.383 e. The van der Waals surface area contributed by atoms with Gasteiger partial charge in [-0.2, -0.15) is 0 Å². The first-order valence-corrected chi connectivity index (χ1v) is 8.10. The van der Waals surface area contributed by atoms with E-state index in [1.54, 1.807) is 0 Å². The smallest absolute Gasteiger partial charge is 0.242 e. The van der Waals surface area contributed by atoms with Crippen molar-refractivity contribution in [2.75, 3.05) is 20.3 Å². The second-order valence-electron chi connectivity index (χ2n) is 3.48. The molecule has 1 atom stereocenters. The summed E-state index contributed by atoms with van der Waals surface area (Å²) < 4.78 is 31.3. The molecule has 0 spiro atoms. The molecule has 4 nitrogen and oxygen atoms in total. The number of hydrogen-bond acceptors (Lipinski definition) is 3. The molecule has 1 unspecified atom stereocenters. The van der Waals surface area contributed by atoms with Crippen LogP contribution in [0.25, 0.3) is 0 Å². The summed E-state index contributed by atoms with van der Waals surface area (Å²) in [6.45, 7) is 0.588. The molecule has 1 aromatic rings. The molecule has 1 aromatic carbocycles. The normalized spacial score (nSPS) is 13.6. The van der Waals surface area contributed by atoms with Crippen LogP contribution in [0.1, 0.15) is 0 Å². The van der Waals surface area contributed by atoms with Crippen molar-refractivity contribution in [3.63, 3.8) is 0 Å². The van der Waals surface area contributed by atoms with Gasteiger partial charge >= 0.3 is 0 Å². The molecule has 0 aliphatic carbocycles. The quantitative estimate of drug-likeness (QED) is 0.776. The van der Waals surface area contributed by atoms with E-state index in [9.17, 15) is 8.42 Å². The maximum absolute atomic E-state index is 12.0. The SMILES string of the molecule is COCC(Br)CNS(=O)(=O)c1cc(Cl)ccc1Cl. The van der Waals surface area contributed by atoms with Gasteiger partial charge in [-0.15, -0.1) is 0 Å². The predicted octanol–water partition coefficient (Wildman–Crippen LogP) is 2.68. The second-order valence-corrected chi connectivity index (χ2v) is 7.35. The Balaban J connectivity index is 2.83. The van der Waals surface area contributed by atoms with Gasteiger partial charge in [0.1, 0.15) is 4.90 Å². The van der Waals surface area contributed by atoms with Crippen molar-refractivity contribution in [3.05, 3.63) is 28.2 Å². The van der Waals surface area contributed by atoms with Crippen LogP contribution in [0, 0.1) is 0 Å². The van der Waals surface area contributed by atoms with E-state index >= 15 is 0 Å². The van der Waals surface area contributed by atoms with Gasteiger partial charge in [0.25, 0.3) is 0 Å². The van der Waals surface area contributed by atoms with Gasteiger partial charge in [-0.25, -0.2) is 13.1 Å². The lowest BCUT2D eigenvalue weighted by molar-refractivity contribution is 0.201. The van der Waals surface area contributed by atoms with E-state index in [2.05, 4.69) is 20.7 Å². The lowest BCUT2D eigenvalue weighted by Gasteiger charge is -2.11. The fourth-order valence-electron chi connectivity index (χ4n) is 1.20.